The van der Waals surface area contributed by atoms with Crippen molar-refractivity contribution in [2.75, 3.05) is 9.91 Å². The quantitative estimate of drug-likeness (QED) is 0.766. The number of nitrogens with zero attached hydrogens (tertiary/aromatic N) is 4. The highest BCUT2D eigenvalue weighted by molar-refractivity contribution is 6.30. The number of fused-ring (bicyclic) bond motifs is 2. The highest BCUT2D eigenvalue weighted by Gasteiger charge is 2.55. The summed E-state index contributed by atoms with van der Waals surface area (Å²) >= 11 is 5.93. The topological polar surface area (TPSA) is 65.3 Å². The van der Waals surface area contributed by atoms with Crippen molar-refractivity contribution in [3.8, 4) is 0 Å². The minimum absolute atomic E-state index is 0.294. The first kappa shape index (κ1) is 15.5. The van der Waals surface area contributed by atoms with Gasteiger partial charge in [0.25, 0.3) is 11.8 Å². The molecule has 0 N–H and O–H groups in total. The van der Waals surface area contributed by atoms with E-state index < -0.39 is 12.1 Å². The molecule has 5 rings (SSSR count). The van der Waals surface area contributed by atoms with E-state index in [4.69, 9.17) is 11.6 Å². The Bertz CT molecular complexity index is 957. The predicted molar refractivity (Wildman–Crippen MR) is 97.3 cm³/mol. The monoisotopic (exact) mass is 366 g/mol. The lowest BCUT2D eigenvalue weighted by Crippen LogP contribution is -2.39. The lowest BCUT2D eigenvalue weighted by molar-refractivity contribution is -0.121. The molecule has 0 spiro atoms. The summed E-state index contributed by atoms with van der Waals surface area (Å²) in [5.41, 5.74) is 3.83. The number of anilines is 2. The fraction of sp³-hybridized carbons (Fsp3) is 0.263. The van der Waals surface area contributed by atoms with E-state index >= 15 is 0 Å². The van der Waals surface area contributed by atoms with Crippen LogP contribution in [0.4, 0.5) is 11.4 Å². The maximum Gasteiger partial charge on any atom is 0.263 e. The second-order valence-electron chi connectivity index (χ2n) is 6.73. The van der Waals surface area contributed by atoms with Gasteiger partial charge < -0.3 is 0 Å². The minimum Gasteiger partial charge on any atom is -0.271 e. The summed E-state index contributed by atoms with van der Waals surface area (Å²) < 4.78 is 0. The summed E-state index contributed by atoms with van der Waals surface area (Å²) in [6.07, 6.45) is 3.16. The van der Waals surface area contributed by atoms with Crippen LogP contribution in [0, 0.1) is 0 Å². The minimum atomic E-state index is -0.800. The van der Waals surface area contributed by atoms with Crippen LogP contribution < -0.4 is 9.91 Å². The molecule has 3 aliphatic rings. The average Bonchev–Trinajstić information content (AvgIpc) is 3.33. The van der Waals surface area contributed by atoms with Crippen molar-refractivity contribution in [3.05, 3.63) is 58.6 Å². The molecule has 130 valence electrons. The molecule has 0 radical (unpaired) electrons. The number of halogens is 1. The molecule has 2 heterocycles. The first-order chi connectivity index (χ1) is 12.6. The normalized spacial score (nSPS) is 23.7. The molecule has 1 saturated heterocycles. The Hall–Kier alpha value is -2.73. The largest absolute Gasteiger partial charge is 0.271 e. The van der Waals surface area contributed by atoms with Crippen molar-refractivity contribution in [2.45, 2.75) is 31.3 Å². The van der Waals surface area contributed by atoms with Gasteiger partial charge >= 0.3 is 0 Å². The zero-order valence-corrected chi connectivity index (χ0v) is 14.6. The van der Waals surface area contributed by atoms with Crippen molar-refractivity contribution in [3.63, 3.8) is 0 Å². The number of imide groups is 1. The number of benzene rings is 2. The molecule has 0 saturated carbocycles. The molecule has 2 aliphatic heterocycles. The number of hydrogen-bond donors (Lipinski definition) is 0. The van der Waals surface area contributed by atoms with Crippen LogP contribution in [0.5, 0.6) is 0 Å². The van der Waals surface area contributed by atoms with Crippen molar-refractivity contribution in [2.24, 2.45) is 10.3 Å². The summed E-state index contributed by atoms with van der Waals surface area (Å²) in [4.78, 5) is 27.2. The fourth-order valence-corrected chi connectivity index (χ4v) is 4.04. The van der Waals surface area contributed by atoms with Crippen LogP contribution in [0.2, 0.25) is 5.02 Å². The molecule has 0 unspecified atom stereocenters. The third-order valence-corrected chi connectivity index (χ3v) is 5.47. The van der Waals surface area contributed by atoms with E-state index in [-0.39, 0.29) is 11.8 Å². The summed E-state index contributed by atoms with van der Waals surface area (Å²) in [7, 11) is 0. The molecule has 2 aromatic rings. The molecular weight excluding hydrogens is 352 g/mol. The predicted octanol–water partition coefficient (Wildman–Crippen LogP) is 3.33. The molecule has 26 heavy (non-hydrogen) atoms. The molecular formula is C19H15ClN4O2. The van der Waals surface area contributed by atoms with Crippen molar-refractivity contribution < 1.29 is 9.59 Å². The van der Waals surface area contributed by atoms with Gasteiger partial charge in [0, 0.05) is 5.02 Å². The number of carbonyl (C=O) groups excluding carboxylic acids is 2. The molecule has 6 nitrogen and oxygen atoms in total. The van der Waals surface area contributed by atoms with E-state index in [0.717, 1.165) is 19.3 Å². The molecule has 7 heteroatoms. The third kappa shape index (κ3) is 2.18. The maximum absolute atomic E-state index is 13.1. The van der Waals surface area contributed by atoms with Gasteiger partial charge in [0.05, 0.1) is 11.4 Å². The molecule has 0 aromatic heterocycles. The lowest BCUT2D eigenvalue weighted by Gasteiger charge is -2.21. The smallest absolute Gasteiger partial charge is 0.263 e. The highest BCUT2D eigenvalue weighted by atomic mass is 35.5. The number of hydrogen-bond acceptors (Lipinski definition) is 5. The van der Waals surface area contributed by atoms with Crippen LogP contribution in [-0.4, -0.2) is 23.9 Å². The van der Waals surface area contributed by atoms with Crippen molar-refractivity contribution in [1.29, 1.82) is 0 Å². The van der Waals surface area contributed by atoms with Gasteiger partial charge in [-0.05, 0) is 66.8 Å². The zero-order valence-electron chi connectivity index (χ0n) is 13.8. The maximum atomic E-state index is 13.1. The number of amides is 2. The Kier molecular flexibility index (Phi) is 3.37. The first-order valence-electron chi connectivity index (χ1n) is 8.59. The molecule has 1 aliphatic carbocycles. The van der Waals surface area contributed by atoms with Gasteiger partial charge in [0.1, 0.15) is 0 Å². The van der Waals surface area contributed by atoms with E-state index in [2.05, 4.69) is 10.3 Å². The fourth-order valence-electron chi connectivity index (χ4n) is 3.92. The van der Waals surface area contributed by atoms with Gasteiger partial charge in [0.15, 0.2) is 12.1 Å². The van der Waals surface area contributed by atoms with Crippen LogP contribution in [0.3, 0.4) is 0 Å². The molecule has 2 aromatic carbocycles. The van der Waals surface area contributed by atoms with Gasteiger partial charge in [-0.1, -0.05) is 22.9 Å². The summed E-state index contributed by atoms with van der Waals surface area (Å²) in [5.74, 6) is -0.615. The average molecular weight is 367 g/mol. The third-order valence-electron chi connectivity index (χ3n) is 5.21. The Labute approximate surface area is 155 Å². The Morgan fingerprint density at radius 1 is 0.923 bits per heavy atom. The highest BCUT2D eigenvalue weighted by Crippen LogP contribution is 2.36. The van der Waals surface area contributed by atoms with Gasteiger partial charge in [0.2, 0.25) is 0 Å². The second kappa shape index (κ2) is 5.64. The van der Waals surface area contributed by atoms with E-state index in [9.17, 15) is 9.59 Å². The number of rotatable bonds is 2. The van der Waals surface area contributed by atoms with E-state index in [1.165, 1.54) is 21.0 Å². The van der Waals surface area contributed by atoms with Crippen LogP contribution >= 0.6 is 11.6 Å². The molecule has 2 amide bonds. The molecule has 0 bridgehead atoms. The Morgan fingerprint density at radius 3 is 2.46 bits per heavy atom. The zero-order chi connectivity index (χ0) is 17.8. The first-order valence-corrected chi connectivity index (χ1v) is 8.96. The van der Waals surface area contributed by atoms with Crippen molar-refractivity contribution in [1.82, 2.24) is 0 Å². The van der Waals surface area contributed by atoms with Crippen molar-refractivity contribution >= 4 is 34.8 Å². The number of aryl methyl sites for hydroxylation is 2. The SMILES string of the molecule is O=C1[C@H]2N=NN(c3ccc(Cl)cc3)[C@@H]2C(=O)N1c1ccc2c(c1)CCC2. The lowest BCUT2D eigenvalue weighted by atomic mass is 10.1. The number of carbonyl (C=O) groups is 2. The van der Waals surface area contributed by atoms with Gasteiger partial charge in [-0.2, -0.15) is 5.11 Å². The summed E-state index contributed by atoms with van der Waals surface area (Å²) in [5, 5.41) is 10.2. The molecule has 2 atom stereocenters. The van der Waals surface area contributed by atoms with Gasteiger partial charge in [-0.15, -0.1) is 0 Å². The Balaban J connectivity index is 1.50. The van der Waals surface area contributed by atoms with Gasteiger partial charge in [-0.25, -0.2) is 9.91 Å². The van der Waals surface area contributed by atoms with Crippen LogP contribution in [0.25, 0.3) is 0 Å². The van der Waals surface area contributed by atoms with Gasteiger partial charge in [-0.3, -0.25) is 9.59 Å². The summed E-state index contributed by atoms with van der Waals surface area (Å²) in [6.45, 7) is 0. The van der Waals surface area contributed by atoms with E-state index in [0.29, 0.717) is 16.4 Å². The Morgan fingerprint density at radius 2 is 1.65 bits per heavy atom. The standard InChI is InChI=1S/C19H15ClN4O2/c20-13-5-8-14(9-6-13)24-17-16(21-22-24)18(25)23(19(17)26)15-7-4-11-2-1-3-12(11)10-15/h4-10,16-17H,1-3H2/t16-,17-/m0/s1. The summed E-state index contributed by atoms with van der Waals surface area (Å²) in [6, 6.07) is 11.3. The molecule has 1 fully saturated rings. The van der Waals surface area contributed by atoms with Crippen LogP contribution in [-0.2, 0) is 22.4 Å². The van der Waals surface area contributed by atoms with E-state index in [1.54, 1.807) is 24.3 Å². The second-order valence-corrected chi connectivity index (χ2v) is 7.17. The van der Waals surface area contributed by atoms with E-state index in [1.807, 2.05) is 18.2 Å². The van der Waals surface area contributed by atoms with Crippen LogP contribution in [0.15, 0.2) is 52.8 Å². The van der Waals surface area contributed by atoms with Crippen LogP contribution in [0.1, 0.15) is 17.5 Å².